The molecule has 1 aliphatic carbocycles. The number of amides is 1. The minimum Gasteiger partial charge on any atom is -0.342 e. The van der Waals surface area contributed by atoms with Crippen LogP contribution in [-0.4, -0.2) is 37.0 Å². The van der Waals surface area contributed by atoms with E-state index in [4.69, 9.17) is 0 Å². The average molecular weight is 278 g/mol. The standard InChI is InChI=1S/C17H30N2O/c1-13(2)9-14-6-8-19(11-14)16(20)17-7-4-3-5-15(17)10-18-12-17/h13-15,18H,3-12H2,1-2H3/t14?,15-,17+/m0/s1. The van der Waals surface area contributed by atoms with Gasteiger partial charge in [0.05, 0.1) is 5.41 Å². The molecule has 3 fully saturated rings. The van der Waals surface area contributed by atoms with Crippen LogP contribution in [0.15, 0.2) is 0 Å². The lowest BCUT2D eigenvalue weighted by atomic mass is 9.67. The molecule has 1 unspecified atom stereocenters. The van der Waals surface area contributed by atoms with Crippen LogP contribution in [0.1, 0.15) is 52.4 Å². The lowest BCUT2D eigenvalue weighted by Gasteiger charge is -2.40. The van der Waals surface area contributed by atoms with E-state index in [9.17, 15) is 4.79 Å². The average Bonchev–Trinajstić information content (AvgIpc) is 3.03. The topological polar surface area (TPSA) is 32.3 Å². The molecule has 1 N–H and O–H groups in total. The van der Waals surface area contributed by atoms with E-state index < -0.39 is 0 Å². The number of hydrogen-bond acceptors (Lipinski definition) is 2. The molecule has 3 atom stereocenters. The summed E-state index contributed by atoms with van der Waals surface area (Å²) in [5.41, 5.74) is -0.0367. The first-order chi connectivity index (χ1) is 9.62. The van der Waals surface area contributed by atoms with Gasteiger partial charge in [-0.1, -0.05) is 26.7 Å². The van der Waals surface area contributed by atoms with Crippen molar-refractivity contribution >= 4 is 5.91 Å². The third-order valence-corrected chi connectivity index (χ3v) is 5.84. The molecule has 0 radical (unpaired) electrons. The Morgan fingerprint density at radius 1 is 1.35 bits per heavy atom. The molecule has 0 aromatic carbocycles. The highest BCUT2D eigenvalue weighted by atomic mass is 16.2. The minimum absolute atomic E-state index is 0.0367. The second-order valence-corrected chi connectivity index (χ2v) is 7.77. The van der Waals surface area contributed by atoms with Gasteiger partial charge < -0.3 is 10.2 Å². The molecule has 2 aliphatic heterocycles. The van der Waals surface area contributed by atoms with Crippen molar-refractivity contribution in [3.63, 3.8) is 0 Å². The minimum atomic E-state index is -0.0367. The molecule has 3 aliphatic rings. The summed E-state index contributed by atoms with van der Waals surface area (Å²) in [4.78, 5) is 15.3. The van der Waals surface area contributed by atoms with E-state index in [1.54, 1.807) is 0 Å². The summed E-state index contributed by atoms with van der Waals surface area (Å²) in [6.45, 7) is 8.61. The van der Waals surface area contributed by atoms with Gasteiger partial charge in [0.25, 0.3) is 0 Å². The number of carbonyl (C=O) groups is 1. The number of nitrogens with zero attached hydrogens (tertiary/aromatic N) is 1. The highest BCUT2D eigenvalue weighted by Gasteiger charge is 2.52. The van der Waals surface area contributed by atoms with Crippen LogP contribution in [0.2, 0.25) is 0 Å². The lowest BCUT2D eigenvalue weighted by molar-refractivity contribution is -0.144. The van der Waals surface area contributed by atoms with Crippen molar-refractivity contribution in [3.05, 3.63) is 0 Å². The second-order valence-electron chi connectivity index (χ2n) is 7.77. The zero-order valence-corrected chi connectivity index (χ0v) is 13.2. The van der Waals surface area contributed by atoms with Gasteiger partial charge >= 0.3 is 0 Å². The van der Waals surface area contributed by atoms with E-state index in [1.165, 1.54) is 32.1 Å². The maximum atomic E-state index is 13.1. The molecule has 1 saturated carbocycles. The third kappa shape index (κ3) is 2.49. The number of hydrogen-bond donors (Lipinski definition) is 1. The van der Waals surface area contributed by atoms with E-state index in [2.05, 4.69) is 24.1 Å². The molecule has 0 bridgehead atoms. The van der Waals surface area contributed by atoms with E-state index in [1.807, 2.05) is 0 Å². The molecular weight excluding hydrogens is 248 g/mol. The normalized spacial score (nSPS) is 37.5. The van der Waals surface area contributed by atoms with Crippen molar-refractivity contribution in [1.29, 1.82) is 0 Å². The highest BCUT2D eigenvalue weighted by Crippen LogP contribution is 2.45. The highest BCUT2D eigenvalue weighted by molar-refractivity contribution is 5.84. The van der Waals surface area contributed by atoms with Gasteiger partial charge in [-0.2, -0.15) is 0 Å². The third-order valence-electron chi connectivity index (χ3n) is 5.84. The monoisotopic (exact) mass is 278 g/mol. The first-order valence-corrected chi connectivity index (χ1v) is 8.62. The lowest BCUT2D eigenvalue weighted by Crippen LogP contribution is -2.49. The Balaban J connectivity index is 1.66. The van der Waals surface area contributed by atoms with E-state index in [-0.39, 0.29) is 5.41 Å². The summed E-state index contributed by atoms with van der Waals surface area (Å²) < 4.78 is 0. The Morgan fingerprint density at radius 2 is 2.20 bits per heavy atom. The van der Waals surface area contributed by atoms with Gasteiger partial charge in [0.1, 0.15) is 0 Å². The molecule has 0 aromatic heterocycles. The van der Waals surface area contributed by atoms with Gasteiger partial charge in [-0.25, -0.2) is 0 Å². The Labute approximate surface area is 123 Å². The Bertz CT molecular complexity index is 368. The number of nitrogens with one attached hydrogen (secondary N) is 1. The largest absolute Gasteiger partial charge is 0.342 e. The Hall–Kier alpha value is -0.570. The Morgan fingerprint density at radius 3 is 3.00 bits per heavy atom. The number of carbonyl (C=O) groups excluding carboxylic acids is 1. The van der Waals surface area contributed by atoms with Gasteiger partial charge in [-0.05, 0) is 50.0 Å². The van der Waals surface area contributed by atoms with Crippen LogP contribution in [0.4, 0.5) is 0 Å². The van der Waals surface area contributed by atoms with E-state index in [0.717, 1.165) is 44.4 Å². The molecule has 114 valence electrons. The SMILES string of the molecule is CC(C)CC1CCN(C(=O)[C@@]23CCCC[C@H]2CNC3)C1. The number of likely N-dealkylation sites (tertiary alicyclic amines) is 1. The first kappa shape index (κ1) is 14.4. The van der Waals surface area contributed by atoms with Crippen molar-refractivity contribution in [2.45, 2.75) is 52.4 Å². The van der Waals surface area contributed by atoms with Crippen molar-refractivity contribution in [3.8, 4) is 0 Å². The van der Waals surface area contributed by atoms with Gasteiger partial charge in [0.15, 0.2) is 0 Å². The molecule has 2 saturated heterocycles. The smallest absolute Gasteiger partial charge is 0.230 e. The van der Waals surface area contributed by atoms with E-state index >= 15 is 0 Å². The van der Waals surface area contributed by atoms with Crippen LogP contribution in [0.25, 0.3) is 0 Å². The fourth-order valence-corrected chi connectivity index (χ4v) is 4.86. The molecule has 3 nitrogen and oxygen atoms in total. The summed E-state index contributed by atoms with van der Waals surface area (Å²) in [6.07, 6.45) is 7.43. The fraction of sp³-hybridized carbons (Fsp3) is 0.941. The van der Waals surface area contributed by atoms with Crippen LogP contribution in [0.5, 0.6) is 0 Å². The maximum Gasteiger partial charge on any atom is 0.230 e. The summed E-state index contributed by atoms with van der Waals surface area (Å²) in [5, 5.41) is 3.51. The van der Waals surface area contributed by atoms with Gasteiger partial charge in [-0.3, -0.25) is 4.79 Å². The number of fused-ring (bicyclic) bond motifs is 1. The Kier molecular flexibility index (Phi) is 4.07. The maximum absolute atomic E-state index is 13.1. The van der Waals surface area contributed by atoms with Crippen LogP contribution >= 0.6 is 0 Å². The zero-order valence-electron chi connectivity index (χ0n) is 13.2. The van der Waals surface area contributed by atoms with Crippen molar-refractivity contribution < 1.29 is 4.79 Å². The van der Waals surface area contributed by atoms with Gasteiger partial charge in [0, 0.05) is 19.6 Å². The van der Waals surface area contributed by atoms with Crippen molar-refractivity contribution in [2.75, 3.05) is 26.2 Å². The van der Waals surface area contributed by atoms with E-state index in [0.29, 0.717) is 11.8 Å². The van der Waals surface area contributed by atoms with Crippen molar-refractivity contribution in [1.82, 2.24) is 10.2 Å². The van der Waals surface area contributed by atoms with Crippen LogP contribution in [-0.2, 0) is 4.79 Å². The summed E-state index contributed by atoms with van der Waals surface area (Å²) in [5.74, 6) is 2.59. The molecule has 20 heavy (non-hydrogen) atoms. The fourth-order valence-electron chi connectivity index (χ4n) is 4.86. The quantitative estimate of drug-likeness (QED) is 0.861. The van der Waals surface area contributed by atoms with Gasteiger partial charge in [-0.15, -0.1) is 0 Å². The first-order valence-electron chi connectivity index (χ1n) is 8.62. The van der Waals surface area contributed by atoms with Crippen LogP contribution in [0, 0.1) is 23.2 Å². The molecule has 0 spiro atoms. The molecule has 2 heterocycles. The predicted octanol–water partition coefficient (Wildman–Crippen LogP) is 2.66. The number of rotatable bonds is 3. The second kappa shape index (κ2) is 5.67. The molecular formula is C17H30N2O. The summed E-state index contributed by atoms with van der Waals surface area (Å²) in [7, 11) is 0. The zero-order chi connectivity index (χ0) is 14.2. The predicted molar refractivity (Wildman–Crippen MR) is 81.4 cm³/mol. The van der Waals surface area contributed by atoms with Crippen LogP contribution in [0.3, 0.4) is 0 Å². The molecule has 3 rings (SSSR count). The summed E-state index contributed by atoms with van der Waals surface area (Å²) >= 11 is 0. The molecule has 3 heteroatoms. The van der Waals surface area contributed by atoms with Gasteiger partial charge in [0.2, 0.25) is 5.91 Å². The molecule has 0 aromatic rings. The van der Waals surface area contributed by atoms with Crippen LogP contribution < -0.4 is 5.32 Å². The van der Waals surface area contributed by atoms with Crippen molar-refractivity contribution in [2.24, 2.45) is 23.2 Å². The summed E-state index contributed by atoms with van der Waals surface area (Å²) in [6, 6.07) is 0. The molecule has 1 amide bonds.